The van der Waals surface area contributed by atoms with Crippen LogP contribution >= 0.6 is 0 Å². The van der Waals surface area contributed by atoms with Crippen LogP contribution < -0.4 is 9.64 Å². The first-order valence-electron chi connectivity index (χ1n) is 11.4. The summed E-state index contributed by atoms with van der Waals surface area (Å²) in [6.07, 6.45) is 5.20. The van der Waals surface area contributed by atoms with E-state index in [9.17, 15) is 4.79 Å². The molecule has 8 nitrogen and oxygen atoms in total. The molecule has 2 bridgehead atoms. The number of aromatic nitrogens is 2. The van der Waals surface area contributed by atoms with Crippen molar-refractivity contribution in [3.63, 3.8) is 0 Å². The van der Waals surface area contributed by atoms with Crippen LogP contribution in [0.25, 0.3) is 11.3 Å². The standard InChI is InChI=1S/C23H29N5O3/c1-30-19-6-9-26(14-19)18-2-3-20-21(12-18)31-15-16-13-24-28(22(16)20)23(29)27-11-10-25-7-4-17(27)5-8-25/h2-3,12-13,17,19H,4-11,14-15H2,1H3/t19-/m0/s1. The van der Waals surface area contributed by atoms with E-state index < -0.39 is 0 Å². The Kier molecular flexibility index (Phi) is 4.65. The largest absolute Gasteiger partial charge is 0.488 e. The smallest absolute Gasteiger partial charge is 0.345 e. The zero-order chi connectivity index (χ0) is 20.9. The summed E-state index contributed by atoms with van der Waals surface area (Å²) in [5.41, 5.74) is 3.93. The van der Waals surface area contributed by atoms with Gasteiger partial charge in [-0.25, -0.2) is 4.79 Å². The van der Waals surface area contributed by atoms with Gasteiger partial charge < -0.3 is 24.2 Å². The number of nitrogens with zero attached hydrogens (tertiary/aromatic N) is 5. The van der Waals surface area contributed by atoms with E-state index >= 15 is 0 Å². The zero-order valence-corrected chi connectivity index (χ0v) is 18.0. The molecule has 0 N–H and O–H groups in total. The third-order valence-electron chi connectivity index (χ3n) is 7.37. The number of anilines is 1. The summed E-state index contributed by atoms with van der Waals surface area (Å²) in [5.74, 6) is 0.823. The molecule has 0 radical (unpaired) electrons. The summed E-state index contributed by atoms with van der Waals surface area (Å²) in [6, 6.07) is 6.61. The second-order valence-corrected chi connectivity index (χ2v) is 9.04. The molecule has 7 rings (SSSR count). The first-order valence-corrected chi connectivity index (χ1v) is 11.4. The summed E-state index contributed by atoms with van der Waals surface area (Å²) in [6.45, 7) is 6.22. The number of hydrogen-bond donors (Lipinski definition) is 0. The van der Waals surface area contributed by atoms with Gasteiger partial charge in [-0.3, -0.25) is 0 Å². The predicted octanol–water partition coefficient (Wildman–Crippen LogP) is 2.42. The van der Waals surface area contributed by atoms with Crippen LogP contribution in [0.2, 0.25) is 0 Å². The van der Waals surface area contributed by atoms with Crippen LogP contribution in [0.4, 0.5) is 10.5 Å². The average Bonchev–Trinajstić information content (AvgIpc) is 3.37. The van der Waals surface area contributed by atoms with Crippen LogP contribution in [-0.4, -0.2) is 84.1 Å². The van der Waals surface area contributed by atoms with E-state index in [1.807, 2.05) is 4.90 Å². The van der Waals surface area contributed by atoms with E-state index in [4.69, 9.17) is 9.47 Å². The Morgan fingerprint density at radius 2 is 2.00 bits per heavy atom. The highest BCUT2D eigenvalue weighted by molar-refractivity contribution is 5.86. The molecule has 5 aliphatic heterocycles. The minimum atomic E-state index is -0.00518. The quantitative estimate of drug-likeness (QED) is 0.739. The van der Waals surface area contributed by atoms with Gasteiger partial charge in [0.2, 0.25) is 0 Å². The van der Waals surface area contributed by atoms with E-state index in [1.165, 1.54) is 0 Å². The van der Waals surface area contributed by atoms with Crippen molar-refractivity contribution in [2.75, 3.05) is 51.3 Å². The highest BCUT2D eigenvalue weighted by Gasteiger charge is 2.35. The second kappa shape index (κ2) is 7.53. The minimum absolute atomic E-state index is 0.00518. The molecule has 0 unspecified atom stereocenters. The Balaban J connectivity index is 1.31. The monoisotopic (exact) mass is 423 g/mol. The van der Waals surface area contributed by atoms with Crippen molar-refractivity contribution in [1.82, 2.24) is 19.6 Å². The third-order valence-corrected chi connectivity index (χ3v) is 7.37. The molecule has 1 aromatic heterocycles. The Labute approximate surface area is 182 Å². The summed E-state index contributed by atoms with van der Waals surface area (Å²) in [4.78, 5) is 20.4. The fourth-order valence-corrected chi connectivity index (χ4v) is 5.51. The molecule has 1 atom stereocenters. The molecule has 0 saturated carbocycles. The fourth-order valence-electron chi connectivity index (χ4n) is 5.51. The van der Waals surface area contributed by atoms with Crippen molar-refractivity contribution in [3.8, 4) is 17.0 Å². The number of benzene rings is 1. The molecule has 0 aliphatic carbocycles. The normalized spacial score (nSPS) is 26.9. The van der Waals surface area contributed by atoms with Crippen LogP contribution in [0.1, 0.15) is 24.8 Å². The van der Waals surface area contributed by atoms with Crippen LogP contribution in [0.5, 0.6) is 5.75 Å². The number of amides is 1. The highest BCUT2D eigenvalue weighted by Crippen LogP contribution is 2.40. The van der Waals surface area contributed by atoms with Crippen LogP contribution in [0.3, 0.4) is 0 Å². The fraction of sp³-hybridized carbons (Fsp3) is 0.565. The molecule has 31 heavy (non-hydrogen) atoms. The molecule has 8 heteroatoms. The first-order chi connectivity index (χ1) is 15.2. The summed E-state index contributed by atoms with van der Waals surface area (Å²) < 4.78 is 13.2. The number of rotatable bonds is 2. The summed E-state index contributed by atoms with van der Waals surface area (Å²) >= 11 is 0. The molecule has 4 saturated heterocycles. The van der Waals surface area contributed by atoms with Crippen molar-refractivity contribution in [2.45, 2.75) is 38.0 Å². The molecule has 1 aromatic carbocycles. The molecule has 0 spiro atoms. The predicted molar refractivity (Wildman–Crippen MR) is 117 cm³/mol. The van der Waals surface area contributed by atoms with Gasteiger partial charge in [0.15, 0.2) is 0 Å². The second-order valence-electron chi connectivity index (χ2n) is 9.04. The van der Waals surface area contributed by atoms with Gasteiger partial charge in [-0.05, 0) is 31.4 Å². The molecule has 4 fully saturated rings. The SMILES string of the molecule is CO[C@H]1CCN(c2ccc3c(c2)OCc2cnn(C(=O)N4CCN5CCC4CC5)c2-3)C1. The molecule has 6 heterocycles. The molecule has 1 amide bonds. The van der Waals surface area contributed by atoms with Gasteiger partial charge >= 0.3 is 6.03 Å². The number of piperidine rings is 1. The number of hydrogen-bond acceptors (Lipinski definition) is 6. The number of carbonyl (C=O) groups excluding carboxylic acids is 1. The van der Waals surface area contributed by atoms with E-state index in [2.05, 4.69) is 33.1 Å². The van der Waals surface area contributed by atoms with Crippen LogP contribution in [0, 0.1) is 0 Å². The Bertz CT molecular complexity index is 997. The van der Waals surface area contributed by atoms with Crippen molar-refractivity contribution in [2.24, 2.45) is 0 Å². The highest BCUT2D eigenvalue weighted by atomic mass is 16.5. The topological polar surface area (TPSA) is 63.1 Å². The lowest BCUT2D eigenvalue weighted by molar-refractivity contribution is 0.121. The van der Waals surface area contributed by atoms with E-state index in [1.54, 1.807) is 18.0 Å². The Morgan fingerprint density at radius 3 is 2.81 bits per heavy atom. The maximum Gasteiger partial charge on any atom is 0.345 e. The van der Waals surface area contributed by atoms with Gasteiger partial charge in [0, 0.05) is 75.3 Å². The molecule has 164 valence electrons. The Hall–Kier alpha value is -2.58. The lowest BCUT2D eigenvalue weighted by atomic mass is 10.0. The van der Waals surface area contributed by atoms with Gasteiger partial charge in [0.25, 0.3) is 0 Å². The lowest BCUT2D eigenvalue weighted by Crippen LogP contribution is -2.44. The van der Waals surface area contributed by atoms with Crippen LogP contribution in [0.15, 0.2) is 24.4 Å². The van der Waals surface area contributed by atoms with Crippen molar-refractivity contribution >= 4 is 11.7 Å². The van der Waals surface area contributed by atoms with E-state index in [0.717, 1.165) is 86.8 Å². The number of carbonyl (C=O) groups is 1. The number of ether oxygens (including phenoxy) is 2. The number of methoxy groups -OCH3 is 1. The van der Waals surface area contributed by atoms with Gasteiger partial charge in [-0.2, -0.15) is 9.78 Å². The molecular formula is C23H29N5O3. The molecule has 5 aliphatic rings. The zero-order valence-electron chi connectivity index (χ0n) is 18.0. The lowest BCUT2D eigenvalue weighted by Gasteiger charge is -2.31. The summed E-state index contributed by atoms with van der Waals surface area (Å²) in [5, 5.41) is 4.51. The summed E-state index contributed by atoms with van der Waals surface area (Å²) in [7, 11) is 1.78. The molecular weight excluding hydrogens is 394 g/mol. The number of fused-ring (bicyclic) bond motifs is 7. The van der Waals surface area contributed by atoms with Crippen LogP contribution in [-0.2, 0) is 11.3 Å². The maximum atomic E-state index is 13.6. The van der Waals surface area contributed by atoms with Crippen molar-refractivity contribution in [1.29, 1.82) is 0 Å². The molecule has 2 aromatic rings. The van der Waals surface area contributed by atoms with Gasteiger partial charge in [-0.15, -0.1) is 0 Å². The maximum absolute atomic E-state index is 13.6. The van der Waals surface area contributed by atoms with E-state index in [0.29, 0.717) is 12.6 Å². The van der Waals surface area contributed by atoms with Gasteiger partial charge in [0.05, 0.1) is 18.0 Å². The van der Waals surface area contributed by atoms with Gasteiger partial charge in [0.1, 0.15) is 12.4 Å². The average molecular weight is 424 g/mol. The van der Waals surface area contributed by atoms with E-state index in [-0.39, 0.29) is 12.1 Å². The minimum Gasteiger partial charge on any atom is -0.488 e. The third kappa shape index (κ3) is 3.20. The van der Waals surface area contributed by atoms with Crippen molar-refractivity contribution in [3.05, 3.63) is 30.0 Å². The first kappa shape index (κ1) is 19.1. The van der Waals surface area contributed by atoms with Gasteiger partial charge in [-0.1, -0.05) is 0 Å². The Morgan fingerprint density at radius 1 is 1.13 bits per heavy atom. The van der Waals surface area contributed by atoms with Crippen molar-refractivity contribution < 1.29 is 14.3 Å².